The lowest BCUT2D eigenvalue weighted by molar-refractivity contribution is -0.305. The van der Waals surface area contributed by atoms with Crippen molar-refractivity contribution in [3.8, 4) is 5.75 Å². The van der Waals surface area contributed by atoms with Crippen molar-refractivity contribution in [2.75, 3.05) is 6.61 Å². The Morgan fingerprint density at radius 3 is 2.54 bits per heavy atom. The van der Waals surface area contributed by atoms with Crippen LogP contribution in [0, 0.1) is 0 Å². The van der Waals surface area contributed by atoms with Crippen molar-refractivity contribution in [3.63, 3.8) is 0 Å². The van der Waals surface area contributed by atoms with Crippen LogP contribution in [0.4, 0.5) is 0 Å². The van der Waals surface area contributed by atoms with Crippen LogP contribution in [0.15, 0.2) is 64.6 Å². The van der Waals surface area contributed by atoms with E-state index in [-0.39, 0.29) is 12.4 Å². The summed E-state index contributed by atoms with van der Waals surface area (Å²) in [4.78, 5) is 3.69. The van der Waals surface area contributed by atoms with Crippen LogP contribution in [0.3, 0.4) is 0 Å². The van der Waals surface area contributed by atoms with Crippen molar-refractivity contribution in [3.05, 3.63) is 70.6 Å². The first-order valence-electron chi connectivity index (χ1n) is 8.81. The first kappa shape index (κ1) is 19.1. The molecule has 8 nitrogen and oxygen atoms in total. The normalized spacial score (nSPS) is 32.2. The molecule has 2 aromatic rings. The number of aliphatic hydroxyl groups excluding tert-OH is 1. The molecule has 2 heterocycles. The highest BCUT2D eigenvalue weighted by molar-refractivity contribution is 7.99. The van der Waals surface area contributed by atoms with Crippen LogP contribution in [0.25, 0.3) is 10.4 Å². The van der Waals surface area contributed by atoms with E-state index in [1.54, 1.807) is 24.3 Å². The smallest absolute Gasteiger partial charge is 0.184 e. The zero-order valence-corrected chi connectivity index (χ0v) is 15.6. The Morgan fingerprint density at radius 2 is 1.82 bits per heavy atom. The molecule has 0 spiro atoms. The number of rotatable bonds is 4. The summed E-state index contributed by atoms with van der Waals surface area (Å²) in [7, 11) is 0. The summed E-state index contributed by atoms with van der Waals surface area (Å²) in [5.74, 6) is 0.154. The van der Waals surface area contributed by atoms with E-state index in [4.69, 9.17) is 19.7 Å². The molecular weight excluding hydrogens is 382 g/mol. The molecule has 0 bridgehead atoms. The number of benzene rings is 2. The lowest BCUT2D eigenvalue weighted by atomic mass is 9.97. The van der Waals surface area contributed by atoms with Crippen molar-refractivity contribution < 1.29 is 24.4 Å². The number of ether oxygens (including phenoxy) is 3. The molecule has 2 aliphatic rings. The van der Waals surface area contributed by atoms with Crippen LogP contribution in [-0.4, -0.2) is 46.6 Å². The molecule has 2 aliphatic heterocycles. The third-order valence-corrected chi connectivity index (χ3v) is 5.85. The predicted molar refractivity (Wildman–Crippen MR) is 102 cm³/mol. The van der Waals surface area contributed by atoms with Crippen LogP contribution < -0.4 is 0 Å². The highest BCUT2D eigenvalue weighted by Gasteiger charge is 2.49. The van der Waals surface area contributed by atoms with Crippen LogP contribution in [0.5, 0.6) is 5.75 Å². The van der Waals surface area contributed by atoms with Crippen LogP contribution in [0.2, 0.25) is 0 Å². The SMILES string of the molecule is [N-]=[N+]=N[C@H]1C(Sc2ccc(O)cc2)O[C@@H]2COC(c3ccccc3)O[C@@H]2[C@@H]1O. The summed E-state index contributed by atoms with van der Waals surface area (Å²) >= 11 is 1.31. The van der Waals surface area contributed by atoms with Gasteiger partial charge in [-0.05, 0) is 29.8 Å². The molecule has 6 atom stereocenters. The maximum atomic E-state index is 10.9. The van der Waals surface area contributed by atoms with E-state index in [2.05, 4.69) is 10.0 Å². The molecule has 146 valence electrons. The van der Waals surface area contributed by atoms with Crippen molar-refractivity contribution in [1.29, 1.82) is 0 Å². The quantitative estimate of drug-likeness (QED) is 0.461. The Balaban J connectivity index is 1.52. The molecule has 4 rings (SSSR count). The minimum absolute atomic E-state index is 0.154. The third-order valence-electron chi connectivity index (χ3n) is 4.68. The molecule has 0 radical (unpaired) electrons. The number of nitrogens with zero attached hydrogens (tertiary/aromatic N) is 3. The number of phenolic OH excluding ortho intramolecular Hbond substituents is 1. The molecule has 9 heteroatoms. The molecule has 0 aromatic heterocycles. The van der Waals surface area contributed by atoms with Gasteiger partial charge in [-0.25, -0.2) is 0 Å². The van der Waals surface area contributed by atoms with Gasteiger partial charge in [0, 0.05) is 15.4 Å². The summed E-state index contributed by atoms with van der Waals surface area (Å²) in [6, 6.07) is 15.2. The maximum Gasteiger partial charge on any atom is 0.184 e. The van der Waals surface area contributed by atoms with Gasteiger partial charge in [-0.2, -0.15) is 0 Å². The van der Waals surface area contributed by atoms with Gasteiger partial charge in [0.25, 0.3) is 0 Å². The third kappa shape index (κ3) is 3.95. The van der Waals surface area contributed by atoms with Crippen molar-refractivity contribution in [1.82, 2.24) is 0 Å². The van der Waals surface area contributed by atoms with Crippen LogP contribution in [-0.2, 0) is 14.2 Å². The number of thioether (sulfide) groups is 1. The molecule has 2 unspecified atom stereocenters. The molecular formula is C19H19N3O5S. The Morgan fingerprint density at radius 1 is 1.07 bits per heavy atom. The minimum atomic E-state index is -1.04. The second-order valence-corrected chi connectivity index (χ2v) is 7.69. The fourth-order valence-electron chi connectivity index (χ4n) is 3.30. The van der Waals surface area contributed by atoms with Crippen LogP contribution in [0.1, 0.15) is 11.9 Å². The monoisotopic (exact) mass is 401 g/mol. The fourth-order valence-corrected chi connectivity index (χ4v) is 4.41. The average molecular weight is 401 g/mol. The zero-order valence-electron chi connectivity index (χ0n) is 14.7. The van der Waals surface area contributed by atoms with Gasteiger partial charge in [-0.1, -0.05) is 47.2 Å². The Hall–Kier alpha value is -2.26. The van der Waals surface area contributed by atoms with Gasteiger partial charge < -0.3 is 24.4 Å². The summed E-state index contributed by atoms with van der Waals surface area (Å²) in [6.45, 7) is 0.247. The van der Waals surface area contributed by atoms with Gasteiger partial charge in [-0.3, -0.25) is 0 Å². The minimum Gasteiger partial charge on any atom is -0.508 e. The maximum absolute atomic E-state index is 10.9. The summed E-state index contributed by atoms with van der Waals surface area (Å²) < 4.78 is 17.8. The van der Waals surface area contributed by atoms with E-state index in [0.29, 0.717) is 0 Å². The van der Waals surface area contributed by atoms with Crippen molar-refractivity contribution in [2.24, 2.45) is 5.11 Å². The second kappa shape index (κ2) is 8.40. The first-order valence-corrected chi connectivity index (χ1v) is 9.69. The number of azide groups is 1. The summed E-state index contributed by atoms with van der Waals surface area (Å²) in [6.07, 6.45) is -2.83. The molecule has 2 fully saturated rings. The molecule has 28 heavy (non-hydrogen) atoms. The number of aromatic hydroxyl groups is 1. The highest BCUT2D eigenvalue weighted by Crippen LogP contribution is 2.40. The molecule has 2 aromatic carbocycles. The van der Waals surface area contributed by atoms with E-state index in [9.17, 15) is 10.2 Å². The molecule has 2 saturated heterocycles. The number of phenols is 1. The lowest BCUT2D eigenvalue weighted by Gasteiger charge is -2.46. The van der Waals surface area contributed by atoms with Gasteiger partial charge in [0.05, 0.1) is 12.7 Å². The zero-order chi connectivity index (χ0) is 19.5. The summed E-state index contributed by atoms with van der Waals surface area (Å²) in [5, 5.41) is 24.1. The Bertz CT molecular complexity index is 846. The van der Waals surface area contributed by atoms with Crippen LogP contribution >= 0.6 is 11.8 Å². The van der Waals surface area contributed by atoms with E-state index < -0.39 is 36.1 Å². The number of hydrogen-bond donors (Lipinski definition) is 2. The Kier molecular flexibility index (Phi) is 5.72. The van der Waals surface area contributed by atoms with Gasteiger partial charge in [0.15, 0.2) is 6.29 Å². The second-order valence-electron chi connectivity index (χ2n) is 6.52. The lowest BCUT2D eigenvalue weighted by Crippen LogP contribution is -2.60. The number of hydrogen-bond acceptors (Lipinski definition) is 7. The van der Waals surface area contributed by atoms with Gasteiger partial charge in [0.1, 0.15) is 29.4 Å². The number of fused-ring (bicyclic) bond motifs is 1. The topological polar surface area (TPSA) is 117 Å². The fraction of sp³-hybridized carbons (Fsp3) is 0.368. The van der Waals surface area contributed by atoms with Gasteiger partial charge in [-0.15, -0.1) is 0 Å². The predicted octanol–water partition coefficient (Wildman–Crippen LogP) is 3.36. The standard InChI is InChI=1S/C19H19N3O5S/c20-22-21-15-16(24)17-14(10-25-18(27-17)11-4-2-1-3-5-11)26-19(15)28-13-8-6-12(23)7-9-13/h1-9,14-19,23-24H,10H2/t14-,15-,16-,17+,18?,19?/m1/s1. The van der Waals surface area contributed by atoms with Crippen molar-refractivity contribution in [2.45, 2.75) is 41.0 Å². The molecule has 2 N–H and O–H groups in total. The van der Waals surface area contributed by atoms with E-state index in [1.165, 1.54) is 11.8 Å². The van der Waals surface area contributed by atoms with E-state index in [0.717, 1.165) is 10.5 Å². The molecule has 0 saturated carbocycles. The molecule has 0 aliphatic carbocycles. The van der Waals surface area contributed by atoms with Gasteiger partial charge in [0.2, 0.25) is 0 Å². The molecule has 0 amide bonds. The van der Waals surface area contributed by atoms with E-state index in [1.807, 2.05) is 30.3 Å². The Labute approximate surface area is 165 Å². The first-order chi connectivity index (χ1) is 13.7. The summed E-state index contributed by atoms with van der Waals surface area (Å²) in [5.41, 5.74) is 9.19. The van der Waals surface area contributed by atoms with Gasteiger partial charge >= 0.3 is 0 Å². The largest absolute Gasteiger partial charge is 0.508 e. The van der Waals surface area contributed by atoms with Crippen molar-refractivity contribution >= 4 is 11.8 Å². The highest BCUT2D eigenvalue weighted by atomic mass is 32.2. The van der Waals surface area contributed by atoms with E-state index >= 15 is 0 Å². The number of aliphatic hydroxyl groups is 1. The average Bonchev–Trinajstić information content (AvgIpc) is 2.73.